The average molecular weight is 363 g/mol. The van der Waals surface area contributed by atoms with Crippen molar-refractivity contribution in [2.45, 2.75) is 39.8 Å². The summed E-state index contributed by atoms with van der Waals surface area (Å²) < 4.78 is 3.95. The lowest BCUT2D eigenvalue weighted by molar-refractivity contribution is -0.136. The van der Waals surface area contributed by atoms with Crippen LogP contribution in [-0.4, -0.2) is 37.2 Å². The zero-order valence-electron chi connectivity index (χ0n) is 16.1. The second-order valence-corrected chi connectivity index (χ2v) is 7.69. The van der Waals surface area contributed by atoms with Crippen LogP contribution in [0, 0.1) is 19.3 Å². The maximum absolute atomic E-state index is 13.0. The third-order valence-corrected chi connectivity index (χ3v) is 5.28. The van der Waals surface area contributed by atoms with E-state index in [0.29, 0.717) is 13.1 Å². The second-order valence-electron chi connectivity index (χ2n) is 7.69. The van der Waals surface area contributed by atoms with Crippen LogP contribution in [-0.2, 0) is 17.9 Å². The highest BCUT2D eigenvalue weighted by Crippen LogP contribution is 2.48. The largest absolute Gasteiger partial charge is 0.341 e. The van der Waals surface area contributed by atoms with Crippen molar-refractivity contribution < 1.29 is 4.79 Å². The smallest absolute Gasteiger partial charge is 0.230 e. The van der Waals surface area contributed by atoms with Gasteiger partial charge < -0.3 is 9.47 Å². The molecular weight excluding hydrogens is 338 g/mol. The highest BCUT2D eigenvalue weighted by Gasteiger charge is 2.51. The highest BCUT2D eigenvalue weighted by molar-refractivity contribution is 5.85. The van der Waals surface area contributed by atoms with Gasteiger partial charge in [-0.1, -0.05) is 12.1 Å². The Labute approximate surface area is 159 Å². The van der Waals surface area contributed by atoms with E-state index in [1.165, 1.54) is 0 Å². The molecule has 1 fully saturated rings. The molecule has 1 aliphatic carbocycles. The zero-order chi connectivity index (χ0) is 19.0. The summed E-state index contributed by atoms with van der Waals surface area (Å²) in [7, 11) is 1.90. The van der Waals surface area contributed by atoms with Crippen LogP contribution in [0.5, 0.6) is 0 Å². The van der Waals surface area contributed by atoms with Gasteiger partial charge in [0, 0.05) is 38.2 Å². The number of aromatic nitrogens is 4. The first-order chi connectivity index (χ1) is 13.0. The molecule has 1 aromatic carbocycles. The Morgan fingerprint density at radius 3 is 2.70 bits per heavy atom. The van der Waals surface area contributed by atoms with Crippen molar-refractivity contribution in [3.05, 3.63) is 66.0 Å². The topological polar surface area (TPSA) is 56.0 Å². The monoisotopic (exact) mass is 363 g/mol. The molecule has 0 spiro atoms. The first-order valence-corrected chi connectivity index (χ1v) is 9.31. The number of nitrogens with zero attached hydrogens (tertiary/aromatic N) is 5. The lowest BCUT2D eigenvalue weighted by Gasteiger charge is -2.24. The maximum Gasteiger partial charge on any atom is 0.230 e. The number of aryl methyl sites for hydroxylation is 2. The van der Waals surface area contributed by atoms with Gasteiger partial charge in [0.15, 0.2) is 0 Å². The number of hydrogen-bond acceptors (Lipinski definition) is 3. The Kier molecular flexibility index (Phi) is 4.34. The molecule has 4 rings (SSSR count). The summed E-state index contributed by atoms with van der Waals surface area (Å²) in [5.41, 5.74) is 3.97. The van der Waals surface area contributed by atoms with E-state index in [1.807, 2.05) is 46.4 Å². The van der Waals surface area contributed by atoms with Crippen LogP contribution in [0.25, 0.3) is 5.69 Å². The molecule has 0 bridgehead atoms. The fourth-order valence-corrected chi connectivity index (χ4v) is 3.75. The summed E-state index contributed by atoms with van der Waals surface area (Å²) in [5, 5.41) is 4.55. The van der Waals surface area contributed by atoms with Crippen LogP contribution < -0.4 is 0 Å². The van der Waals surface area contributed by atoms with Crippen LogP contribution in [0.2, 0.25) is 0 Å². The summed E-state index contributed by atoms with van der Waals surface area (Å²) >= 11 is 0. The van der Waals surface area contributed by atoms with Gasteiger partial charge in [-0.2, -0.15) is 5.10 Å². The van der Waals surface area contributed by atoms with Crippen molar-refractivity contribution in [3.8, 4) is 5.69 Å². The number of carbonyl (C=O) groups is 1. The molecule has 3 aromatic rings. The van der Waals surface area contributed by atoms with Crippen LogP contribution in [0.3, 0.4) is 0 Å². The zero-order valence-corrected chi connectivity index (χ0v) is 16.1. The van der Waals surface area contributed by atoms with Crippen LogP contribution in [0.15, 0.2) is 49.1 Å². The van der Waals surface area contributed by atoms with E-state index < -0.39 is 0 Å². The van der Waals surface area contributed by atoms with E-state index in [4.69, 9.17) is 0 Å². The van der Waals surface area contributed by atoms with Gasteiger partial charge >= 0.3 is 0 Å². The third kappa shape index (κ3) is 3.52. The molecule has 0 atom stereocenters. The van der Waals surface area contributed by atoms with E-state index in [-0.39, 0.29) is 11.3 Å². The minimum Gasteiger partial charge on any atom is -0.341 e. The van der Waals surface area contributed by atoms with Crippen molar-refractivity contribution >= 4 is 5.91 Å². The Morgan fingerprint density at radius 1 is 1.26 bits per heavy atom. The highest BCUT2D eigenvalue weighted by atomic mass is 16.2. The minimum absolute atomic E-state index is 0.215. The SMILES string of the molecule is Cc1cc(C)n(-c2cccc(CN(C)C(=O)C3(Cn4ccnc4)CC3)c2)n1. The fraction of sp³-hybridized carbons (Fsp3) is 0.381. The predicted octanol–water partition coefficient (Wildman–Crippen LogP) is 3.12. The summed E-state index contributed by atoms with van der Waals surface area (Å²) in [6, 6.07) is 10.3. The van der Waals surface area contributed by atoms with Crippen molar-refractivity contribution in [1.82, 2.24) is 24.2 Å². The maximum atomic E-state index is 13.0. The fourth-order valence-electron chi connectivity index (χ4n) is 3.75. The number of benzene rings is 1. The molecule has 6 nitrogen and oxygen atoms in total. The Hall–Kier alpha value is -2.89. The predicted molar refractivity (Wildman–Crippen MR) is 103 cm³/mol. The number of carbonyl (C=O) groups excluding carboxylic acids is 1. The number of rotatable bonds is 6. The molecule has 1 aliphatic rings. The molecule has 0 saturated heterocycles. The summed E-state index contributed by atoms with van der Waals surface area (Å²) in [4.78, 5) is 19.0. The summed E-state index contributed by atoms with van der Waals surface area (Å²) in [6.07, 6.45) is 7.35. The second kappa shape index (κ2) is 6.68. The van der Waals surface area contributed by atoms with Crippen molar-refractivity contribution in [2.24, 2.45) is 5.41 Å². The third-order valence-electron chi connectivity index (χ3n) is 5.28. The number of imidazole rings is 1. The van der Waals surface area contributed by atoms with E-state index >= 15 is 0 Å². The van der Waals surface area contributed by atoms with Gasteiger partial charge in [0.25, 0.3) is 0 Å². The lowest BCUT2D eigenvalue weighted by Crippen LogP contribution is -2.35. The van der Waals surface area contributed by atoms with E-state index in [2.05, 4.69) is 35.2 Å². The van der Waals surface area contributed by atoms with Gasteiger partial charge in [-0.15, -0.1) is 0 Å². The molecule has 140 valence electrons. The van der Waals surface area contributed by atoms with Gasteiger partial charge in [-0.25, -0.2) is 9.67 Å². The lowest BCUT2D eigenvalue weighted by atomic mass is 10.0. The first-order valence-electron chi connectivity index (χ1n) is 9.31. The Bertz CT molecular complexity index is 953. The molecule has 6 heteroatoms. The molecule has 27 heavy (non-hydrogen) atoms. The first kappa shape index (κ1) is 17.5. The van der Waals surface area contributed by atoms with Crippen molar-refractivity contribution in [2.75, 3.05) is 7.05 Å². The number of amides is 1. The van der Waals surface area contributed by atoms with Crippen LogP contribution in [0.1, 0.15) is 29.8 Å². The van der Waals surface area contributed by atoms with Gasteiger partial charge in [0.2, 0.25) is 5.91 Å². The molecule has 1 amide bonds. The Balaban J connectivity index is 1.48. The van der Waals surface area contributed by atoms with Crippen LogP contribution >= 0.6 is 0 Å². The standard InChI is InChI=1S/C21H25N5O/c1-16-11-17(2)26(23-16)19-6-4-5-18(12-19)13-24(3)20(27)21(7-8-21)14-25-10-9-22-15-25/h4-6,9-12,15H,7-8,13-14H2,1-3H3. The molecular formula is C21H25N5O. The number of hydrogen-bond donors (Lipinski definition) is 0. The van der Waals surface area contributed by atoms with Gasteiger partial charge in [0.1, 0.15) is 0 Å². The van der Waals surface area contributed by atoms with Gasteiger partial charge in [-0.3, -0.25) is 4.79 Å². The van der Waals surface area contributed by atoms with E-state index in [1.54, 1.807) is 12.5 Å². The molecule has 0 unspecified atom stereocenters. The molecule has 0 aliphatic heterocycles. The minimum atomic E-state index is -0.261. The molecule has 0 N–H and O–H groups in total. The molecule has 2 aromatic heterocycles. The normalized spacial score (nSPS) is 14.9. The summed E-state index contributed by atoms with van der Waals surface area (Å²) in [6.45, 7) is 5.35. The summed E-state index contributed by atoms with van der Waals surface area (Å²) in [5.74, 6) is 0.215. The van der Waals surface area contributed by atoms with Crippen molar-refractivity contribution in [3.63, 3.8) is 0 Å². The quantitative estimate of drug-likeness (QED) is 0.676. The van der Waals surface area contributed by atoms with Crippen LogP contribution in [0.4, 0.5) is 0 Å². The van der Waals surface area contributed by atoms with Gasteiger partial charge in [-0.05, 0) is 50.5 Å². The van der Waals surface area contributed by atoms with E-state index in [0.717, 1.165) is 35.5 Å². The van der Waals surface area contributed by atoms with Crippen molar-refractivity contribution in [1.29, 1.82) is 0 Å². The van der Waals surface area contributed by atoms with E-state index in [9.17, 15) is 4.79 Å². The molecule has 2 heterocycles. The molecule has 1 saturated carbocycles. The van der Waals surface area contributed by atoms with Gasteiger partial charge in [0.05, 0.1) is 23.1 Å². The average Bonchev–Trinajstić information content (AvgIpc) is 3.07. The Morgan fingerprint density at radius 2 is 2.07 bits per heavy atom. The molecule has 0 radical (unpaired) electrons.